The molecule has 0 fully saturated rings. The van der Waals surface area contributed by atoms with Crippen LogP contribution in [0, 0.1) is 12.3 Å². The number of hydrogen-bond donors (Lipinski definition) is 1. The third-order valence-corrected chi connectivity index (χ3v) is 4.29. The van der Waals surface area contributed by atoms with Crippen LogP contribution in [0.1, 0.15) is 37.0 Å². The summed E-state index contributed by atoms with van der Waals surface area (Å²) >= 11 is 0. The van der Waals surface area contributed by atoms with Gasteiger partial charge in [-0.1, -0.05) is 19.1 Å². The van der Waals surface area contributed by atoms with Gasteiger partial charge in [0.2, 0.25) is 10.0 Å². The van der Waals surface area contributed by atoms with Gasteiger partial charge in [-0.2, -0.15) is 0 Å². The Morgan fingerprint density at radius 3 is 2.37 bits per heavy atom. The zero-order valence-electron chi connectivity index (χ0n) is 11.0. The van der Waals surface area contributed by atoms with Crippen LogP contribution < -0.4 is 4.72 Å². The summed E-state index contributed by atoms with van der Waals surface area (Å²) in [5, 5.41) is 0. The van der Waals surface area contributed by atoms with Crippen molar-refractivity contribution >= 4 is 15.8 Å². The highest BCUT2D eigenvalue weighted by Crippen LogP contribution is 2.12. The van der Waals surface area contributed by atoms with E-state index in [-0.39, 0.29) is 16.7 Å². The number of nitrogens with one attached hydrogen (secondary N) is 1. The van der Waals surface area contributed by atoms with Crippen LogP contribution >= 0.6 is 0 Å². The first-order valence-corrected chi connectivity index (χ1v) is 7.45. The Kier molecular flexibility index (Phi) is 5.28. The number of hydrogen-bond acceptors (Lipinski definition) is 3. The first-order valence-electron chi connectivity index (χ1n) is 5.97. The third-order valence-electron chi connectivity index (χ3n) is 2.75. The monoisotopic (exact) mass is 279 g/mol. The molecule has 0 radical (unpaired) electrons. The van der Waals surface area contributed by atoms with Gasteiger partial charge in [-0.05, 0) is 25.5 Å². The van der Waals surface area contributed by atoms with Gasteiger partial charge in [0, 0.05) is 18.0 Å². The number of carbonyl (C=O) groups excluding carboxylic acids is 1. The maximum absolute atomic E-state index is 12.1. The number of ketones is 1. The van der Waals surface area contributed by atoms with E-state index in [1.807, 2.05) is 6.92 Å². The zero-order valence-corrected chi connectivity index (χ0v) is 11.8. The minimum atomic E-state index is -3.59. The van der Waals surface area contributed by atoms with Crippen molar-refractivity contribution < 1.29 is 13.2 Å². The molecule has 0 amide bonds. The molecule has 1 aromatic rings. The van der Waals surface area contributed by atoms with E-state index in [1.165, 1.54) is 31.2 Å². The molecule has 0 heterocycles. The Morgan fingerprint density at radius 2 is 1.95 bits per heavy atom. The molecule has 0 aliphatic rings. The fourth-order valence-electron chi connectivity index (χ4n) is 1.57. The highest BCUT2D eigenvalue weighted by atomic mass is 32.2. The maximum Gasteiger partial charge on any atom is 0.240 e. The summed E-state index contributed by atoms with van der Waals surface area (Å²) in [6.07, 6.45) is 6.16. The fraction of sp³-hybridized carbons (Fsp3) is 0.357. The molecular formula is C14H17NO3S. The lowest BCUT2D eigenvalue weighted by Crippen LogP contribution is -2.34. The first kappa shape index (κ1) is 15.4. The van der Waals surface area contributed by atoms with Crippen LogP contribution in [0.25, 0.3) is 0 Å². The van der Waals surface area contributed by atoms with Gasteiger partial charge in [-0.25, -0.2) is 13.1 Å². The van der Waals surface area contributed by atoms with Crippen LogP contribution in [0.5, 0.6) is 0 Å². The number of Topliss-reactive ketones (excluding diaryl/α,β-unsaturated/α-hetero) is 1. The lowest BCUT2D eigenvalue weighted by molar-refractivity contribution is 0.101. The molecule has 5 heteroatoms. The average Bonchev–Trinajstić information content (AvgIpc) is 2.38. The second-order valence-electron chi connectivity index (χ2n) is 4.22. The first-order chi connectivity index (χ1) is 8.90. The van der Waals surface area contributed by atoms with E-state index in [2.05, 4.69) is 10.6 Å². The number of rotatable bonds is 6. The van der Waals surface area contributed by atoms with Gasteiger partial charge in [0.15, 0.2) is 5.78 Å². The summed E-state index contributed by atoms with van der Waals surface area (Å²) in [6.45, 7) is 3.30. The summed E-state index contributed by atoms with van der Waals surface area (Å²) in [5.74, 6) is 2.34. The molecule has 4 nitrogen and oxygen atoms in total. The molecule has 1 unspecified atom stereocenters. The molecule has 0 bridgehead atoms. The Morgan fingerprint density at radius 1 is 1.37 bits per heavy atom. The van der Waals surface area contributed by atoms with E-state index in [4.69, 9.17) is 6.42 Å². The number of sulfonamides is 1. The zero-order chi connectivity index (χ0) is 14.5. The molecule has 1 atom stereocenters. The van der Waals surface area contributed by atoms with Crippen LogP contribution in [0.4, 0.5) is 0 Å². The van der Waals surface area contributed by atoms with Crippen molar-refractivity contribution in [3.63, 3.8) is 0 Å². The van der Waals surface area contributed by atoms with Crippen molar-refractivity contribution in [2.24, 2.45) is 0 Å². The fourth-order valence-corrected chi connectivity index (χ4v) is 2.89. The number of benzene rings is 1. The van der Waals surface area contributed by atoms with Crippen LogP contribution in [0.15, 0.2) is 29.2 Å². The molecule has 1 N–H and O–H groups in total. The molecule has 19 heavy (non-hydrogen) atoms. The normalized spacial score (nSPS) is 12.7. The van der Waals surface area contributed by atoms with Gasteiger partial charge in [0.05, 0.1) is 4.90 Å². The lowest BCUT2D eigenvalue weighted by Gasteiger charge is -2.14. The van der Waals surface area contributed by atoms with Gasteiger partial charge in [-0.15, -0.1) is 12.3 Å². The molecule has 1 rings (SSSR count). The number of terminal acetylenes is 1. The minimum Gasteiger partial charge on any atom is -0.295 e. The summed E-state index contributed by atoms with van der Waals surface area (Å²) in [5.41, 5.74) is 0.481. The Labute approximate surface area is 114 Å². The molecule has 102 valence electrons. The van der Waals surface area contributed by atoms with Gasteiger partial charge < -0.3 is 0 Å². The van der Waals surface area contributed by atoms with Crippen molar-refractivity contribution in [3.05, 3.63) is 29.8 Å². The van der Waals surface area contributed by atoms with Gasteiger partial charge >= 0.3 is 0 Å². The SMILES string of the molecule is C#CCC(CC)NS(=O)(=O)c1ccc(C(C)=O)cc1. The third kappa shape index (κ3) is 4.19. The van der Waals surface area contributed by atoms with E-state index in [0.717, 1.165) is 0 Å². The van der Waals surface area contributed by atoms with E-state index < -0.39 is 10.0 Å². The van der Waals surface area contributed by atoms with Gasteiger partial charge in [-0.3, -0.25) is 4.79 Å². The summed E-state index contributed by atoms with van der Waals surface area (Å²) in [7, 11) is -3.59. The largest absolute Gasteiger partial charge is 0.295 e. The van der Waals surface area contributed by atoms with Crippen LogP contribution in [0.3, 0.4) is 0 Å². The molecule has 0 saturated heterocycles. The second kappa shape index (κ2) is 6.50. The topological polar surface area (TPSA) is 63.2 Å². The highest BCUT2D eigenvalue weighted by molar-refractivity contribution is 7.89. The lowest BCUT2D eigenvalue weighted by atomic mass is 10.2. The van der Waals surface area contributed by atoms with Crippen molar-refractivity contribution in [1.29, 1.82) is 0 Å². The Bertz CT molecular complexity index is 582. The van der Waals surface area contributed by atoms with Crippen molar-refractivity contribution in [2.75, 3.05) is 0 Å². The Balaban J connectivity index is 2.94. The van der Waals surface area contributed by atoms with E-state index in [9.17, 15) is 13.2 Å². The molecular weight excluding hydrogens is 262 g/mol. The molecule has 0 saturated carbocycles. The van der Waals surface area contributed by atoms with Crippen LogP contribution in [-0.4, -0.2) is 20.2 Å². The van der Waals surface area contributed by atoms with Gasteiger partial charge in [0.1, 0.15) is 0 Å². The quantitative estimate of drug-likeness (QED) is 0.639. The average molecular weight is 279 g/mol. The Hall–Kier alpha value is -1.64. The van der Waals surface area contributed by atoms with Crippen molar-refractivity contribution in [2.45, 2.75) is 37.6 Å². The molecule has 0 aromatic heterocycles. The smallest absolute Gasteiger partial charge is 0.240 e. The predicted molar refractivity (Wildman–Crippen MR) is 74.3 cm³/mol. The van der Waals surface area contributed by atoms with Crippen LogP contribution in [0.2, 0.25) is 0 Å². The highest BCUT2D eigenvalue weighted by Gasteiger charge is 2.18. The van der Waals surface area contributed by atoms with Gasteiger partial charge in [0.25, 0.3) is 0 Å². The predicted octanol–water partition coefficient (Wildman–Crippen LogP) is 1.97. The molecule has 0 aliphatic heterocycles. The van der Waals surface area contributed by atoms with Crippen molar-refractivity contribution in [1.82, 2.24) is 4.72 Å². The minimum absolute atomic E-state index is 0.101. The van der Waals surface area contributed by atoms with Crippen molar-refractivity contribution in [3.8, 4) is 12.3 Å². The summed E-state index contributed by atoms with van der Waals surface area (Å²) in [6, 6.07) is 5.56. The maximum atomic E-state index is 12.1. The standard InChI is InChI=1S/C14H17NO3S/c1-4-6-13(5-2)15-19(17,18)14-9-7-12(8-10-14)11(3)16/h1,7-10,13,15H,5-6H2,2-3H3. The molecule has 0 spiro atoms. The van der Waals surface area contributed by atoms with Crippen LogP contribution in [-0.2, 0) is 10.0 Å². The van der Waals surface area contributed by atoms with E-state index in [0.29, 0.717) is 18.4 Å². The molecule has 1 aromatic carbocycles. The van der Waals surface area contributed by atoms with E-state index >= 15 is 0 Å². The number of carbonyl (C=O) groups is 1. The summed E-state index contributed by atoms with van der Waals surface area (Å²) < 4.78 is 26.7. The summed E-state index contributed by atoms with van der Waals surface area (Å²) in [4.78, 5) is 11.3. The second-order valence-corrected chi connectivity index (χ2v) is 5.93. The molecule has 0 aliphatic carbocycles. The van der Waals surface area contributed by atoms with E-state index in [1.54, 1.807) is 0 Å².